The third-order valence-corrected chi connectivity index (χ3v) is 4.99. The molecule has 0 unspecified atom stereocenters. The fraction of sp³-hybridized carbons (Fsp3) is 0.438. The molecule has 2 aromatic rings. The molecule has 3 fully saturated rings. The van der Waals surface area contributed by atoms with Crippen molar-refractivity contribution in [3.8, 4) is 0 Å². The molecule has 3 aliphatic rings. The van der Waals surface area contributed by atoms with Gasteiger partial charge in [-0.05, 0) is 50.0 Å². The number of rotatable bonds is 2. The largest absolute Gasteiger partial charge is 0.412 e. The summed E-state index contributed by atoms with van der Waals surface area (Å²) in [5.41, 5.74) is 5.48. The maximum Gasteiger partial charge on any atom is 0.412 e. The molecule has 2 N–H and O–H groups in total. The average Bonchev–Trinajstić information content (AvgIpc) is 2.94. The number of piperidine rings is 3. The Morgan fingerprint density at radius 3 is 2.67 bits per heavy atom. The Morgan fingerprint density at radius 2 is 2.04 bits per heavy atom. The zero-order valence-electron chi connectivity index (χ0n) is 12.9. The highest BCUT2D eigenvalue weighted by Gasteiger charge is 2.37. The van der Waals surface area contributed by atoms with Gasteiger partial charge in [0.15, 0.2) is 5.69 Å². The van der Waals surface area contributed by atoms with Crippen molar-refractivity contribution in [2.75, 3.05) is 19.6 Å². The summed E-state index contributed by atoms with van der Waals surface area (Å²) < 4.78 is 19.9. The predicted molar refractivity (Wildman–Crippen MR) is 82.9 cm³/mol. The van der Waals surface area contributed by atoms with E-state index in [0.717, 1.165) is 32.5 Å². The van der Waals surface area contributed by atoms with Crippen LogP contribution < -0.4 is 5.73 Å². The number of carbonyl (C=O) groups excluding carboxylic acids is 2. The number of ether oxygens (including phenoxy) is 1. The van der Waals surface area contributed by atoms with E-state index in [1.807, 2.05) is 0 Å². The second kappa shape index (κ2) is 5.55. The maximum absolute atomic E-state index is 13.7. The minimum atomic E-state index is -1.21. The van der Waals surface area contributed by atoms with Crippen molar-refractivity contribution in [1.82, 2.24) is 14.7 Å². The van der Waals surface area contributed by atoms with Gasteiger partial charge in [0.1, 0.15) is 5.82 Å². The molecule has 0 saturated carbocycles. The molecular weight excluding hydrogens is 315 g/mol. The van der Waals surface area contributed by atoms with Crippen LogP contribution in [0.5, 0.6) is 0 Å². The molecule has 5 rings (SSSR count). The summed E-state index contributed by atoms with van der Waals surface area (Å²) in [7, 11) is 0. The first kappa shape index (κ1) is 15.1. The number of primary amides is 1. The third kappa shape index (κ3) is 2.43. The van der Waals surface area contributed by atoms with Gasteiger partial charge >= 0.3 is 12.1 Å². The van der Waals surface area contributed by atoms with Crippen LogP contribution in [-0.4, -0.2) is 46.4 Å². The number of nitrogens with zero attached hydrogens (tertiary/aromatic N) is 3. The van der Waals surface area contributed by atoms with E-state index in [1.54, 1.807) is 10.7 Å². The number of carbonyl (C=O) groups is 2. The Hall–Kier alpha value is -2.48. The Bertz CT molecular complexity index is 826. The predicted octanol–water partition coefficient (Wildman–Crippen LogP) is 1.68. The summed E-state index contributed by atoms with van der Waals surface area (Å²) in [6.07, 6.45) is 0.949. The lowest BCUT2D eigenvalue weighted by Gasteiger charge is -2.44. The number of amides is 1. The van der Waals surface area contributed by atoms with Crippen molar-refractivity contribution in [2.24, 2.45) is 11.7 Å². The first-order chi connectivity index (χ1) is 11.5. The minimum Gasteiger partial charge on any atom is -0.371 e. The zero-order chi connectivity index (χ0) is 16.8. The standard InChI is InChI=1S/C16H17FN4O3/c17-10-1-2-12-11(7-10)14(15(22)24-16(18)23)19-21(12)13-8-20-5-3-9(13)4-6-20/h1-2,7,9,13H,3-6,8H2,(H2,18,23)/t13-/m0/s1. The van der Waals surface area contributed by atoms with Crippen molar-refractivity contribution < 1.29 is 18.7 Å². The molecule has 7 nitrogen and oxygen atoms in total. The second-order valence-electron chi connectivity index (χ2n) is 6.37. The summed E-state index contributed by atoms with van der Waals surface area (Å²) in [6, 6.07) is 4.30. The monoisotopic (exact) mass is 332 g/mol. The molecule has 1 amide bonds. The average molecular weight is 332 g/mol. The van der Waals surface area contributed by atoms with E-state index in [1.165, 1.54) is 12.1 Å². The van der Waals surface area contributed by atoms with Gasteiger partial charge in [-0.15, -0.1) is 0 Å². The van der Waals surface area contributed by atoms with Crippen LogP contribution >= 0.6 is 0 Å². The summed E-state index contributed by atoms with van der Waals surface area (Å²) in [6.45, 7) is 3.00. The zero-order valence-corrected chi connectivity index (χ0v) is 12.9. The van der Waals surface area contributed by atoms with Gasteiger partial charge in [0.25, 0.3) is 0 Å². The summed E-state index contributed by atoms with van der Waals surface area (Å²) in [5, 5.41) is 4.70. The highest BCUT2D eigenvalue weighted by Crippen LogP contribution is 2.37. The van der Waals surface area contributed by atoms with Gasteiger partial charge in [0, 0.05) is 11.9 Å². The molecule has 24 heavy (non-hydrogen) atoms. The topological polar surface area (TPSA) is 90.5 Å². The molecular formula is C16H17FN4O3. The molecule has 3 saturated heterocycles. The highest BCUT2D eigenvalue weighted by atomic mass is 19.1. The Labute approximate surface area is 137 Å². The molecule has 0 aliphatic carbocycles. The first-order valence-corrected chi connectivity index (χ1v) is 7.94. The summed E-state index contributed by atoms with van der Waals surface area (Å²) in [5.74, 6) is -0.967. The van der Waals surface area contributed by atoms with Crippen LogP contribution in [0.2, 0.25) is 0 Å². The van der Waals surface area contributed by atoms with Gasteiger partial charge in [-0.2, -0.15) is 5.10 Å². The lowest BCUT2D eigenvalue weighted by atomic mass is 9.84. The number of aromatic nitrogens is 2. The number of benzene rings is 1. The van der Waals surface area contributed by atoms with Crippen LogP contribution in [0.1, 0.15) is 29.4 Å². The van der Waals surface area contributed by atoms with Crippen LogP contribution in [0.25, 0.3) is 10.9 Å². The molecule has 3 aliphatic heterocycles. The number of hydrogen-bond donors (Lipinski definition) is 1. The van der Waals surface area contributed by atoms with Crippen LogP contribution in [0.4, 0.5) is 9.18 Å². The van der Waals surface area contributed by atoms with Gasteiger partial charge in [-0.25, -0.2) is 14.0 Å². The minimum absolute atomic E-state index is 0.0836. The van der Waals surface area contributed by atoms with E-state index in [4.69, 9.17) is 5.73 Å². The van der Waals surface area contributed by atoms with E-state index in [9.17, 15) is 14.0 Å². The fourth-order valence-corrected chi connectivity index (χ4v) is 3.87. The van der Waals surface area contributed by atoms with E-state index >= 15 is 0 Å². The molecule has 4 heterocycles. The number of nitrogens with two attached hydrogens (primary N) is 1. The molecule has 8 heteroatoms. The molecule has 0 radical (unpaired) electrons. The SMILES string of the molecule is NC(=O)OC(=O)c1nn([C@H]2CN3CCC2CC3)c2ccc(F)cc12. The van der Waals surface area contributed by atoms with Crippen LogP contribution in [0.3, 0.4) is 0 Å². The lowest BCUT2D eigenvalue weighted by Crippen LogP contribution is -2.48. The third-order valence-electron chi connectivity index (χ3n) is 4.99. The Balaban J connectivity index is 1.81. The number of halogens is 1. The van der Waals surface area contributed by atoms with Crippen molar-refractivity contribution in [3.63, 3.8) is 0 Å². The van der Waals surface area contributed by atoms with Crippen LogP contribution in [-0.2, 0) is 4.74 Å². The van der Waals surface area contributed by atoms with E-state index in [2.05, 4.69) is 14.7 Å². The van der Waals surface area contributed by atoms with Crippen molar-refractivity contribution >= 4 is 23.0 Å². The molecule has 126 valence electrons. The van der Waals surface area contributed by atoms with Crippen molar-refractivity contribution in [1.29, 1.82) is 0 Å². The number of fused-ring (bicyclic) bond motifs is 4. The van der Waals surface area contributed by atoms with Gasteiger partial charge in [0.05, 0.1) is 11.6 Å². The van der Waals surface area contributed by atoms with Crippen LogP contribution in [0.15, 0.2) is 18.2 Å². The normalized spacial score (nSPS) is 25.8. The van der Waals surface area contributed by atoms with E-state index in [-0.39, 0.29) is 11.7 Å². The van der Waals surface area contributed by atoms with Gasteiger partial charge in [-0.3, -0.25) is 4.68 Å². The van der Waals surface area contributed by atoms with Gasteiger partial charge < -0.3 is 15.4 Å². The van der Waals surface area contributed by atoms with E-state index in [0.29, 0.717) is 16.8 Å². The lowest BCUT2D eigenvalue weighted by molar-refractivity contribution is 0.0518. The molecule has 2 bridgehead atoms. The number of hydrogen-bond acceptors (Lipinski definition) is 5. The quantitative estimate of drug-likeness (QED) is 0.667. The van der Waals surface area contributed by atoms with Crippen molar-refractivity contribution in [3.05, 3.63) is 29.7 Å². The first-order valence-electron chi connectivity index (χ1n) is 7.94. The molecule has 1 aromatic heterocycles. The molecule has 1 aromatic carbocycles. The Kier molecular flexibility index (Phi) is 3.49. The Morgan fingerprint density at radius 1 is 1.29 bits per heavy atom. The van der Waals surface area contributed by atoms with Gasteiger partial charge in [-0.1, -0.05) is 0 Å². The van der Waals surface area contributed by atoms with Gasteiger partial charge in [0.2, 0.25) is 0 Å². The summed E-state index contributed by atoms with van der Waals surface area (Å²) in [4.78, 5) is 25.3. The fourth-order valence-electron chi connectivity index (χ4n) is 3.87. The second-order valence-corrected chi connectivity index (χ2v) is 6.37. The van der Waals surface area contributed by atoms with E-state index < -0.39 is 17.9 Å². The van der Waals surface area contributed by atoms with Crippen molar-refractivity contribution in [2.45, 2.75) is 18.9 Å². The number of esters is 1. The maximum atomic E-state index is 13.7. The highest BCUT2D eigenvalue weighted by molar-refractivity contribution is 6.05. The summed E-state index contributed by atoms with van der Waals surface area (Å²) >= 11 is 0. The molecule has 0 spiro atoms. The smallest absolute Gasteiger partial charge is 0.371 e. The van der Waals surface area contributed by atoms with Crippen LogP contribution in [0, 0.1) is 11.7 Å². The molecule has 1 atom stereocenters.